The molecule has 0 fully saturated rings. The monoisotopic (exact) mass is 470 g/mol. The van der Waals surface area contributed by atoms with E-state index in [0.29, 0.717) is 20.7 Å². The Labute approximate surface area is 182 Å². The van der Waals surface area contributed by atoms with Crippen molar-refractivity contribution in [1.29, 1.82) is 0 Å². The first-order chi connectivity index (χ1) is 13.8. The Hall–Kier alpha value is -1.97. The van der Waals surface area contributed by atoms with Gasteiger partial charge in [0.25, 0.3) is 0 Å². The van der Waals surface area contributed by atoms with Crippen molar-refractivity contribution in [2.24, 2.45) is 0 Å². The molecule has 10 heteroatoms. The molecule has 1 N–H and O–H groups in total. The summed E-state index contributed by atoms with van der Waals surface area (Å²) < 4.78 is 32.2. The van der Waals surface area contributed by atoms with Gasteiger partial charge < -0.3 is 4.74 Å². The highest BCUT2D eigenvalue weighted by atomic mass is 35.5. The van der Waals surface area contributed by atoms with E-state index in [1.165, 1.54) is 42.5 Å². The van der Waals surface area contributed by atoms with Gasteiger partial charge in [0.15, 0.2) is 0 Å². The number of nitrogens with zero attached hydrogens (tertiary/aromatic N) is 1. The standard InChI is InChI=1S/C19H16Cl2N2O4S2/c1-12(23-29(25,26)15-8-6-13(20)7-9-15)19(24)27-10-14-11-28-18(22-14)16-4-2-3-5-17(16)21/h2-9,11-12,23H,10H2,1H3. The van der Waals surface area contributed by atoms with Gasteiger partial charge >= 0.3 is 5.97 Å². The van der Waals surface area contributed by atoms with Crippen LogP contribution in [0.3, 0.4) is 0 Å². The summed E-state index contributed by atoms with van der Waals surface area (Å²) >= 11 is 13.3. The van der Waals surface area contributed by atoms with E-state index in [9.17, 15) is 13.2 Å². The van der Waals surface area contributed by atoms with Gasteiger partial charge in [0.05, 0.1) is 15.6 Å². The van der Waals surface area contributed by atoms with E-state index < -0.39 is 22.0 Å². The molecule has 0 bridgehead atoms. The van der Waals surface area contributed by atoms with Crippen molar-refractivity contribution in [2.75, 3.05) is 0 Å². The number of hydrogen-bond donors (Lipinski definition) is 1. The zero-order valence-corrected chi connectivity index (χ0v) is 18.3. The van der Waals surface area contributed by atoms with Crippen LogP contribution in [0.25, 0.3) is 10.6 Å². The van der Waals surface area contributed by atoms with Gasteiger partial charge in [0.1, 0.15) is 17.7 Å². The third-order valence-corrected chi connectivity index (χ3v) is 6.89. The molecule has 152 valence electrons. The first kappa shape index (κ1) is 21.7. The fourth-order valence-electron chi connectivity index (χ4n) is 2.36. The van der Waals surface area contributed by atoms with E-state index in [4.69, 9.17) is 27.9 Å². The van der Waals surface area contributed by atoms with Gasteiger partial charge in [-0.3, -0.25) is 4.79 Å². The minimum absolute atomic E-state index is 0.00503. The van der Waals surface area contributed by atoms with Crippen molar-refractivity contribution in [3.05, 3.63) is 69.7 Å². The summed E-state index contributed by atoms with van der Waals surface area (Å²) in [5.41, 5.74) is 1.34. The third-order valence-electron chi connectivity index (χ3n) is 3.83. The molecule has 3 aromatic rings. The Kier molecular flexibility index (Phi) is 6.92. The molecule has 1 atom stereocenters. The van der Waals surface area contributed by atoms with Crippen LogP contribution >= 0.6 is 34.5 Å². The molecule has 0 aliphatic carbocycles. The lowest BCUT2D eigenvalue weighted by molar-refractivity contribution is -0.146. The second-order valence-corrected chi connectivity index (χ2v) is 9.44. The molecule has 0 radical (unpaired) electrons. The predicted molar refractivity (Wildman–Crippen MR) is 114 cm³/mol. The van der Waals surface area contributed by atoms with Crippen molar-refractivity contribution in [2.45, 2.75) is 24.5 Å². The summed E-state index contributed by atoms with van der Waals surface area (Å²) in [7, 11) is -3.88. The molecule has 0 saturated heterocycles. The normalized spacial score (nSPS) is 12.5. The smallest absolute Gasteiger partial charge is 0.324 e. The molecule has 3 rings (SSSR count). The Morgan fingerprint density at radius 2 is 1.86 bits per heavy atom. The van der Waals surface area contributed by atoms with Gasteiger partial charge in [-0.25, -0.2) is 13.4 Å². The van der Waals surface area contributed by atoms with Crippen molar-refractivity contribution in [1.82, 2.24) is 9.71 Å². The highest BCUT2D eigenvalue weighted by molar-refractivity contribution is 7.89. The van der Waals surface area contributed by atoms with Crippen LogP contribution in [-0.4, -0.2) is 25.4 Å². The highest BCUT2D eigenvalue weighted by Crippen LogP contribution is 2.30. The number of aromatic nitrogens is 1. The molecule has 0 amide bonds. The Bertz CT molecular complexity index is 1120. The molecule has 0 aliphatic heterocycles. The number of rotatable bonds is 7. The number of nitrogens with one attached hydrogen (secondary N) is 1. The molecule has 0 saturated carbocycles. The van der Waals surface area contributed by atoms with Gasteiger partial charge in [-0.05, 0) is 37.3 Å². The molecule has 1 unspecified atom stereocenters. The average molecular weight is 471 g/mol. The number of ether oxygens (including phenoxy) is 1. The summed E-state index contributed by atoms with van der Waals surface area (Å²) in [6, 6.07) is 11.9. The Morgan fingerprint density at radius 3 is 2.55 bits per heavy atom. The summed E-state index contributed by atoms with van der Waals surface area (Å²) in [4.78, 5) is 16.6. The van der Waals surface area contributed by atoms with Crippen molar-refractivity contribution in [3.8, 4) is 10.6 Å². The lowest BCUT2D eigenvalue weighted by Gasteiger charge is -2.13. The summed E-state index contributed by atoms with van der Waals surface area (Å²) in [6.45, 7) is 1.33. The van der Waals surface area contributed by atoms with Gasteiger partial charge in [-0.2, -0.15) is 4.72 Å². The van der Waals surface area contributed by atoms with Crippen LogP contribution < -0.4 is 4.72 Å². The fourth-order valence-corrected chi connectivity index (χ4v) is 4.81. The highest BCUT2D eigenvalue weighted by Gasteiger charge is 2.23. The number of thiazole rings is 1. The van der Waals surface area contributed by atoms with Gasteiger partial charge in [0, 0.05) is 16.0 Å². The predicted octanol–water partition coefficient (Wildman–Crippen LogP) is 4.53. The zero-order valence-electron chi connectivity index (χ0n) is 15.1. The third kappa shape index (κ3) is 5.55. The van der Waals surface area contributed by atoms with E-state index in [0.717, 1.165) is 5.56 Å². The van der Waals surface area contributed by atoms with Crippen molar-refractivity contribution >= 4 is 50.5 Å². The number of benzene rings is 2. The Morgan fingerprint density at radius 1 is 1.17 bits per heavy atom. The largest absolute Gasteiger partial charge is 0.458 e. The van der Waals surface area contributed by atoms with Gasteiger partial charge in [-0.1, -0.05) is 41.4 Å². The van der Waals surface area contributed by atoms with Crippen LogP contribution in [-0.2, 0) is 26.2 Å². The van der Waals surface area contributed by atoms with Crippen LogP contribution in [0.1, 0.15) is 12.6 Å². The maximum absolute atomic E-state index is 12.3. The van der Waals surface area contributed by atoms with E-state index in [1.54, 1.807) is 11.4 Å². The molecule has 29 heavy (non-hydrogen) atoms. The van der Waals surface area contributed by atoms with Crippen LogP contribution in [0.2, 0.25) is 10.0 Å². The first-order valence-corrected chi connectivity index (χ1v) is 11.5. The number of halogens is 2. The molecule has 1 heterocycles. The van der Waals surface area contributed by atoms with Crippen molar-refractivity contribution in [3.63, 3.8) is 0 Å². The minimum Gasteiger partial charge on any atom is -0.458 e. The fraction of sp³-hybridized carbons (Fsp3) is 0.158. The average Bonchev–Trinajstić information content (AvgIpc) is 3.15. The van der Waals surface area contributed by atoms with Crippen LogP contribution in [0, 0.1) is 0 Å². The van der Waals surface area contributed by atoms with Gasteiger partial charge in [0.2, 0.25) is 10.0 Å². The van der Waals surface area contributed by atoms with Crippen LogP contribution in [0.15, 0.2) is 58.8 Å². The minimum atomic E-state index is -3.88. The Balaban J connectivity index is 1.59. The number of sulfonamides is 1. The summed E-state index contributed by atoms with van der Waals surface area (Å²) in [5, 5.41) is 3.46. The van der Waals surface area contributed by atoms with Crippen LogP contribution in [0.4, 0.5) is 0 Å². The summed E-state index contributed by atoms with van der Waals surface area (Å²) in [6.07, 6.45) is 0. The maximum Gasteiger partial charge on any atom is 0.324 e. The zero-order chi connectivity index (χ0) is 21.0. The number of carbonyl (C=O) groups is 1. The molecular weight excluding hydrogens is 455 g/mol. The number of carbonyl (C=O) groups excluding carboxylic acids is 1. The van der Waals surface area contributed by atoms with Gasteiger partial charge in [-0.15, -0.1) is 11.3 Å². The summed E-state index contributed by atoms with van der Waals surface area (Å²) in [5.74, 6) is -0.713. The molecule has 0 aliphatic rings. The first-order valence-electron chi connectivity index (χ1n) is 8.40. The second-order valence-electron chi connectivity index (χ2n) is 6.03. The lowest BCUT2D eigenvalue weighted by atomic mass is 10.2. The topological polar surface area (TPSA) is 85.4 Å². The number of esters is 1. The second kappa shape index (κ2) is 9.23. The van der Waals surface area contributed by atoms with E-state index in [-0.39, 0.29) is 11.5 Å². The van der Waals surface area contributed by atoms with Crippen LogP contribution in [0.5, 0.6) is 0 Å². The number of hydrogen-bond acceptors (Lipinski definition) is 6. The molecular formula is C19H16Cl2N2O4S2. The van der Waals surface area contributed by atoms with E-state index in [2.05, 4.69) is 9.71 Å². The van der Waals surface area contributed by atoms with E-state index >= 15 is 0 Å². The SMILES string of the molecule is CC(NS(=O)(=O)c1ccc(Cl)cc1)C(=O)OCc1csc(-c2ccccc2Cl)n1. The molecule has 2 aromatic carbocycles. The molecule has 1 aromatic heterocycles. The molecule has 6 nitrogen and oxygen atoms in total. The van der Waals surface area contributed by atoms with E-state index in [1.807, 2.05) is 18.2 Å². The molecule has 0 spiro atoms. The quantitative estimate of drug-likeness (QED) is 0.512. The maximum atomic E-state index is 12.3. The lowest BCUT2D eigenvalue weighted by Crippen LogP contribution is -2.39. The van der Waals surface area contributed by atoms with Crippen molar-refractivity contribution < 1.29 is 17.9 Å².